The van der Waals surface area contributed by atoms with E-state index in [2.05, 4.69) is 34.6 Å². The van der Waals surface area contributed by atoms with Gasteiger partial charge in [-0.1, -0.05) is 42.5 Å². The molecule has 0 fully saturated rings. The predicted octanol–water partition coefficient (Wildman–Crippen LogP) is 4.16. The first kappa shape index (κ1) is 24.3. The van der Waals surface area contributed by atoms with E-state index in [1.54, 1.807) is 48.5 Å². The molecule has 3 N–H and O–H groups in total. The van der Waals surface area contributed by atoms with Gasteiger partial charge in [-0.2, -0.15) is 5.10 Å². The number of hydrogen-bond acceptors (Lipinski definition) is 5. The summed E-state index contributed by atoms with van der Waals surface area (Å²) >= 11 is 0. The Morgan fingerprint density at radius 1 is 0.912 bits per heavy atom. The van der Waals surface area contributed by atoms with Crippen molar-refractivity contribution in [1.82, 2.24) is 10.7 Å². The number of hydrazone groups is 1. The maximum atomic E-state index is 12.9. The third-order valence-corrected chi connectivity index (χ3v) is 5.17. The fraction of sp³-hybridized carbons (Fsp3) is 0.148. The quantitative estimate of drug-likeness (QED) is 0.256. The molecule has 3 aromatic carbocycles. The van der Waals surface area contributed by atoms with Crippen LogP contribution in [-0.4, -0.2) is 36.2 Å². The summed E-state index contributed by atoms with van der Waals surface area (Å²) in [5.74, 6) is -0.961. The second kappa shape index (κ2) is 12.0. The maximum Gasteiger partial charge on any atom is 0.287 e. The van der Waals surface area contributed by atoms with E-state index in [1.807, 2.05) is 30.3 Å². The SMILES string of the molecule is CCN(CC)c1ccc(/C=C(\NC(=O)c2ccccc2)C(=O)NN=Cc2ccccc2O)cc1. The van der Waals surface area contributed by atoms with E-state index in [-0.39, 0.29) is 11.4 Å². The molecule has 0 saturated carbocycles. The van der Waals surface area contributed by atoms with Crippen molar-refractivity contribution >= 4 is 29.8 Å². The van der Waals surface area contributed by atoms with Gasteiger partial charge in [-0.05, 0) is 61.9 Å². The zero-order chi connectivity index (χ0) is 24.3. The zero-order valence-electron chi connectivity index (χ0n) is 19.2. The molecule has 2 amide bonds. The van der Waals surface area contributed by atoms with Gasteiger partial charge in [0, 0.05) is 29.9 Å². The van der Waals surface area contributed by atoms with Crippen molar-refractivity contribution in [3.8, 4) is 5.75 Å². The van der Waals surface area contributed by atoms with Crippen LogP contribution >= 0.6 is 0 Å². The van der Waals surface area contributed by atoms with Gasteiger partial charge in [-0.3, -0.25) is 9.59 Å². The fourth-order valence-electron chi connectivity index (χ4n) is 3.30. The number of rotatable bonds is 9. The van der Waals surface area contributed by atoms with Crippen molar-refractivity contribution in [3.63, 3.8) is 0 Å². The van der Waals surface area contributed by atoms with E-state index in [9.17, 15) is 14.7 Å². The normalized spacial score (nSPS) is 11.3. The molecule has 0 saturated heterocycles. The molecule has 0 bridgehead atoms. The molecule has 0 atom stereocenters. The number of nitrogens with zero attached hydrogens (tertiary/aromatic N) is 2. The minimum absolute atomic E-state index is 0.0406. The molecule has 0 heterocycles. The molecule has 3 rings (SSSR count). The second-order valence-electron chi connectivity index (χ2n) is 7.40. The van der Waals surface area contributed by atoms with Gasteiger partial charge in [0.05, 0.1) is 6.21 Å². The van der Waals surface area contributed by atoms with Crippen molar-refractivity contribution in [2.75, 3.05) is 18.0 Å². The molecule has 174 valence electrons. The first-order chi connectivity index (χ1) is 16.5. The summed E-state index contributed by atoms with van der Waals surface area (Å²) in [4.78, 5) is 27.8. The maximum absolute atomic E-state index is 12.9. The predicted molar refractivity (Wildman–Crippen MR) is 136 cm³/mol. The monoisotopic (exact) mass is 456 g/mol. The van der Waals surface area contributed by atoms with Gasteiger partial charge in [0.25, 0.3) is 11.8 Å². The molecule has 0 aliphatic carbocycles. The first-order valence-corrected chi connectivity index (χ1v) is 11.1. The Morgan fingerprint density at radius 2 is 1.56 bits per heavy atom. The van der Waals surface area contributed by atoms with Gasteiger partial charge in [0.1, 0.15) is 11.4 Å². The Kier molecular flexibility index (Phi) is 8.57. The molecule has 34 heavy (non-hydrogen) atoms. The van der Waals surface area contributed by atoms with Crippen molar-refractivity contribution in [2.45, 2.75) is 13.8 Å². The minimum Gasteiger partial charge on any atom is -0.507 e. The van der Waals surface area contributed by atoms with Crippen molar-refractivity contribution in [1.29, 1.82) is 0 Å². The molecular weight excluding hydrogens is 428 g/mol. The number of anilines is 1. The number of nitrogens with one attached hydrogen (secondary N) is 2. The van der Waals surface area contributed by atoms with Crippen LogP contribution in [0.5, 0.6) is 5.75 Å². The van der Waals surface area contributed by atoms with Gasteiger partial charge >= 0.3 is 0 Å². The minimum atomic E-state index is -0.594. The first-order valence-electron chi connectivity index (χ1n) is 11.1. The lowest BCUT2D eigenvalue weighted by molar-refractivity contribution is -0.117. The van der Waals surface area contributed by atoms with Crippen LogP contribution in [0.25, 0.3) is 6.08 Å². The lowest BCUT2D eigenvalue weighted by atomic mass is 10.1. The summed E-state index contributed by atoms with van der Waals surface area (Å²) in [6, 6.07) is 23.0. The summed E-state index contributed by atoms with van der Waals surface area (Å²) in [6.07, 6.45) is 2.93. The number of carbonyl (C=O) groups excluding carboxylic acids is 2. The standard InChI is InChI=1S/C27H28N4O3/c1-3-31(4-2)23-16-14-20(15-17-23)18-24(29-26(33)21-10-6-5-7-11-21)27(34)30-28-19-22-12-8-9-13-25(22)32/h5-19,32H,3-4H2,1-2H3,(H,29,33)(H,30,34)/b24-18-,28-19?. The number of para-hydroxylation sites is 1. The molecule has 0 aliphatic heterocycles. The topological polar surface area (TPSA) is 94.0 Å². The lowest BCUT2D eigenvalue weighted by Gasteiger charge is -2.20. The van der Waals surface area contributed by atoms with Crippen LogP contribution in [0.2, 0.25) is 0 Å². The third kappa shape index (κ3) is 6.56. The number of phenols is 1. The highest BCUT2D eigenvalue weighted by molar-refractivity contribution is 6.05. The van der Waals surface area contributed by atoms with Crippen molar-refractivity contribution in [2.24, 2.45) is 5.10 Å². The van der Waals surface area contributed by atoms with E-state index in [0.717, 1.165) is 24.3 Å². The highest BCUT2D eigenvalue weighted by Gasteiger charge is 2.14. The molecule has 3 aromatic rings. The summed E-state index contributed by atoms with van der Waals surface area (Å²) in [5.41, 5.74) is 5.16. The number of phenolic OH excluding ortho intramolecular Hbond substituents is 1. The molecule has 7 heteroatoms. The Labute approximate surface area is 199 Å². The highest BCUT2D eigenvalue weighted by Crippen LogP contribution is 2.17. The van der Waals surface area contributed by atoms with Crippen LogP contribution in [0.4, 0.5) is 5.69 Å². The van der Waals surface area contributed by atoms with Crippen LogP contribution in [0, 0.1) is 0 Å². The van der Waals surface area contributed by atoms with Gasteiger partial charge in [0.2, 0.25) is 0 Å². The number of amides is 2. The Balaban J connectivity index is 1.83. The van der Waals surface area contributed by atoms with Crippen LogP contribution in [-0.2, 0) is 4.79 Å². The van der Waals surface area contributed by atoms with Gasteiger partial charge in [0.15, 0.2) is 0 Å². The number of hydrogen-bond donors (Lipinski definition) is 3. The summed E-state index contributed by atoms with van der Waals surface area (Å²) in [6.45, 7) is 5.96. The van der Waals surface area contributed by atoms with Gasteiger partial charge < -0.3 is 15.3 Å². The summed E-state index contributed by atoms with van der Waals surface area (Å²) in [7, 11) is 0. The molecule has 0 aliphatic rings. The molecule has 7 nitrogen and oxygen atoms in total. The summed E-state index contributed by atoms with van der Waals surface area (Å²) < 4.78 is 0. The molecule has 0 radical (unpaired) electrons. The summed E-state index contributed by atoms with van der Waals surface area (Å²) in [5, 5.41) is 16.4. The largest absolute Gasteiger partial charge is 0.507 e. The van der Waals surface area contributed by atoms with Crippen molar-refractivity contribution < 1.29 is 14.7 Å². The highest BCUT2D eigenvalue weighted by atomic mass is 16.3. The van der Waals surface area contributed by atoms with E-state index in [1.165, 1.54) is 12.3 Å². The fourth-order valence-corrected chi connectivity index (χ4v) is 3.30. The average Bonchev–Trinajstić information content (AvgIpc) is 2.87. The van der Waals surface area contributed by atoms with Crippen LogP contribution in [0.1, 0.15) is 35.3 Å². The van der Waals surface area contributed by atoms with Gasteiger partial charge in [-0.25, -0.2) is 5.43 Å². The number of aromatic hydroxyl groups is 1. The molecule has 0 aromatic heterocycles. The smallest absolute Gasteiger partial charge is 0.287 e. The van der Waals surface area contributed by atoms with Crippen LogP contribution < -0.4 is 15.6 Å². The average molecular weight is 457 g/mol. The van der Waals surface area contributed by atoms with E-state index in [4.69, 9.17) is 0 Å². The number of benzene rings is 3. The lowest BCUT2D eigenvalue weighted by Crippen LogP contribution is -2.32. The Bertz CT molecular complexity index is 1170. The third-order valence-electron chi connectivity index (χ3n) is 5.17. The Morgan fingerprint density at radius 3 is 2.21 bits per heavy atom. The van der Waals surface area contributed by atoms with E-state index in [0.29, 0.717) is 11.1 Å². The van der Waals surface area contributed by atoms with E-state index < -0.39 is 11.8 Å². The molecule has 0 spiro atoms. The van der Waals surface area contributed by atoms with Crippen LogP contribution in [0.15, 0.2) is 89.7 Å². The molecule has 0 unspecified atom stereocenters. The second-order valence-corrected chi connectivity index (χ2v) is 7.40. The Hall–Kier alpha value is -4.39. The van der Waals surface area contributed by atoms with Crippen LogP contribution in [0.3, 0.4) is 0 Å². The molecular formula is C27H28N4O3. The number of carbonyl (C=O) groups is 2. The van der Waals surface area contributed by atoms with E-state index >= 15 is 0 Å². The van der Waals surface area contributed by atoms with Crippen molar-refractivity contribution in [3.05, 3.63) is 101 Å². The zero-order valence-corrected chi connectivity index (χ0v) is 19.2. The van der Waals surface area contributed by atoms with Gasteiger partial charge in [-0.15, -0.1) is 0 Å².